The Bertz CT molecular complexity index is 591. The summed E-state index contributed by atoms with van der Waals surface area (Å²) in [5, 5.41) is 1.03. The molecule has 0 aliphatic rings. The lowest BCUT2D eigenvalue weighted by atomic mass is 9.89. The second kappa shape index (κ2) is 3.44. The van der Waals surface area contributed by atoms with Gasteiger partial charge in [0, 0.05) is 10.8 Å². The highest BCUT2D eigenvalue weighted by atomic mass is 16.1. The van der Waals surface area contributed by atoms with Gasteiger partial charge in [-0.05, 0) is 12.5 Å². The molecule has 0 spiro atoms. The van der Waals surface area contributed by atoms with Gasteiger partial charge in [0.05, 0.1) is 11.2 Å². The zero-order valence-electron chi connectivity index (χ0n) is 10.1. The molecule has 2 aromatic rings. The van der Waals surface area contributed by atoms with Gasteiger partial charge in [-0.15, -0.1) is 0 Å². The lowest BCUT2D eigenvalue weighted by molar-refractivity contribution is 0.571. The molecule has 0 atom stereocenters. The van der Waals surface area contributed by atoms with Gasteiger partial charge in [0.2, 0.25) is 0 Å². The van der Waals surface area contributed by atoms with E-state index in [4.69, 9.17) is 0 Å². The maximum Gasteiger partial charge on any atom is 0.345 e. The zero-order chi connectivity index (χ0) is 11.9. The predicted molar refractivity (Wildman–Crippen MR) is 65.8 cm³/mol. The van der Waals surface area contributed by atoms with Crippen LogP contribution in [-0.2, 0) is 5.41 Å². The average molecular weight is 216 g/mol. The molecule has 84 valence electrons. The molecule has 0 saturated heterocycles. The van der Waals surface area contributed by atoms with Crippen LogP contribution in [0.15, 0.2) is 23.0 Å². The lowest BCUT2D eigenvalue weighted by Crippen LogP contribution is -2.22. The Kier molecular flexibility index (Phi) is 2.34. The van der Waals surface area contributed by atoms with Gasteiger partial charge >= 0.3 is 5.69 Å². The molecule has 3 nitrogen and oxygen atoms in total. The van der Waals surface area contributed by atoms with E-state index in [1.54, 1.807) is 0 Å². The maximum atomic E-state index is 11.5. The van der Waals surface area contributed by atoms with Crippen LogP contribution in [0.4, 0.5) is 0 Å². The van der Waals surface area contributed by atoms with Crippen molar-refractivity contribution in [2.75, 3.05) is 0 Å². The summed E-state index contributed by atoms with van der Waals surface area (Å²) in [6.45, 7) is 8.19. The van der Waals surface area contributed by atoms with Crippen LogP contribution < -0.4 is 5.69 Å². The standard InChI is InChI=1S/C13H16N2O/c1-8-6-5-7-9-10(8)14-12(16)15-11(9)13(2,3)4/h5-7H,1-4H3,(H,14,15,16). The van der Waals surface area contributed by atoms with Gasteiger partial charge in [-0.1, -0.05) is 39.0 Å². The molecule has 0 aliphatic heterocycles. The number of hydrogen-bond donors (Lipinski definition) is 1. The molecule has 1 heterocycles. The number of fused-ring (bicyclic) bond motifs is 1. The fourth-order valence-corrected chi connectivity index (χ4v) is 1.90. The summed E-state index contributed by atoms with van der Waals surface area (Å²) in [7, 11) is 0. The highest BCUT2D eigenvalue weighted by molar-refractivity contribution is 5.84. The van der Waals surface area contributed by atoms with Crippen molar-refractivity contribution in [3.8, 4) is 0 Å². The van der Waals surface area contributed by atoms with Gasteiger partial charge in [-0.25, -0.2) is 4.79 Å². The van der Waals surface area contributed by atoms with Crippen molar-refractivity contribution >= 4 is 10.9 Å². The van der Waals surface area contributed by atoms with E-state index in [9.17, 15) is 4.79 Å². The second-order valence-electron chi connectivity index (χ2n) is 5.14. The first kappa shape index (κ1) is 10.9. The van der Waals surface area contributed by atoms with Gasteiger partial charge < -0.3 is 4.98 Å². The highest BCUT2D eigenvalue weighted by Gasteiger charge is 2.19. The van der Waals surface area contributed by atoms with Gasteiger partial charge in [-0.3, -0.25) is 0 Å². The van der Waals surface area contributed by atoms with Crippen molar-refractivity contribution in [3.05, 3.63) is 39.9 Å². The fraction of sp³-hybridized carbons (Fsp3) is 0.385. The molecule has 1 aromatic heterocycles. The molecule has 0 radical (unpaired) electrons. The Morgan fingerprint density at radius 1 is 1.25 bits per heavy atom. The molecule has 0 amide bonds. The Balaban J connectivity index is 2.95. The van der Waals surface area contributed by atoms with Crippen LogP contribution in [0.5, 0.6) is 0 Å². The van der Waals surface area contributed by atoms with Crippen molar-refractivity contribution in [1.29, 1.82) is 0 Å². The first-order valence-corrected chi connectivity index (χ1v) is 5.40. The molecule has 0 fully saturated rings. The largest absolute Gasteiger partial charge is 0.345 e. The minimum atomic E-state index is -0.272. The van der Waals surface area contributed by atoms with Gasteiger partial charge in [0.15, 0.2) is 0 Å². The molecule has 0 bridgehead atoms. The number of aryl methyl sites for hydroxylation is 1. The maximum absolute atomic E-state index is 11.5. The van der Waals surface area contributed by atoms with Crippen LogP contribution in [0, 0.1) is 6.92 Å². The third-order valence-corrected chi connectivity index (χ3v) is 2.68. The minimum absolute atomic E-state index is 0.125. The van der Waals surface area contributed by atoms with Crippen LogP contribution >= 0.6 is 0 Å². The van der Waals surface area contributed by atoms with E-state index in [2.05, 4.69) is 30.7 Å². The topological polar surface area (TPSA) is 45.8 Å². The number of rotatable bonds is 0. The van der Waals surface area contributed by atoms with E-state index < -0.39 is 0 Å². The quantitative estimate of drug-likeness (QED) is 0.735. The van der Waals surface area contributed by atoms with Gasteiger partial charge in [0.1, 0.15) is 0 Å². The monoisotopic (exact) mass is 216 g/mol. The van der Waals surface area contributed by atoms with Crippen molar-refractivity contribution in [1.82, 2.24) is 9.97 Å². The number of H-pyrrole nitrogens is 1. The van der Waals surface area contributed by atoms with Crippen molar-refractivity contribution < 1.29 is 0 Å². The third kappa shape index (κ3) is 1.73. The average Bonchev–Trinajstić information content (AvgIpc) is 2.17. The van der Waals surface area contributed by atoms with Crippen LogP contribution in [0.25, 0.3) is 10.9 Å². The summed E-state index contributed by atoms with van der Waals surface area (Å²) in [6, 6.07) is 5.99. The van der Waals surface area contributed by atoms with E-state index in [-0.39, 0.29) is 11.1 Å². The summed E-state index contributed by atoms with van der Waals surface area (Å²) >= 11 is 0. The number of hydrogen-bond acceptors (Lipinski definition) is 2. The number of aromatic amines is 1. The van der Waals surface area contributed by atoms with E-state index in [1.807, 2.05) is 25.1 Å². The Labute approximate surface area is 94.5 Å². The first-order valence-electron chi connectivity index (χ1n) is 5.40. The van der Waals surface area contributed by atoms with Crippen molar-refractivity contribution in [2.24, 2.45) is 0 Å². The van der Waals surface area contributed by atoms with E-state index >= 15 is 0 Å². The lowest BCUT2D eigenvalue weighted by Gasteiger charge is -2.19. The predicted octanol–water partition coefficient (Wildman–Crippen LogP) is 2.53. The van der Waals surface area contributed by atoms with Gasteiger partial charge in [0.25, 0.3) is 0 Å². The summed E-state index contributed by atoms with van der Waals surface area (Å²) in [5.74, 6) is 0. The van der Waals surface area contributed by atoms with Gasteiger partial charge in [-0.2, -0.15) is 4.98 Å². The molecule has 1 aromatic carbocycles. The van der Waals surface area contributed by atoms with E-state index in [0.717, 1.165) is 22.2 Å². The van der Waals surface area contributed by atoms with Crippen molar-refractivity contribution in [3.63, 3.8) is 0 Å². The first-order chi connectivity index (χ1) is 7.39. The molecule has 1 N–H and O–H groups in total. The minimum Gasteiger partial charge on any atom is -0.305 e. The number of nitrogens with one attached hydrogen (secondary N) is 1. The molecule has 0 saturated carbocycles. The van der Waals surface area contributed by atoms with Crippen molar-refractivity contribution in [2.45, 2.75) is 33.1 Å². The van der Waals surface area contributed by atoms with E-state index in [1.165, 1.54) is 0 Å². The summed E-state index contributed by atoms with van der Waals surface area (Å²) in [5.41, 5.74) is 2.43. The summed E-state index contributed by atoms with van der Waals surface area (Å²) in [6.07, 6.45) is 0. The molecule has 16 heavy (non-hydrogen) atoms. The zero-order valence-corrected chi connectivity index (χ0v) is 10.1. The van der Waals surface area contributed by atoms with Crippen LogP contribution in [-0.4, -0.2) is 9.97 Å². The molecule has 0 aliphatic carbocycles. The molecule has 0 unspecified atom stereocenters. The Hall–Kier alpha value is -1.64. The smallest absolute Gasteiger partial charge is 0.305 e. The van der Waals surface area contributed by atoms with Crippen LogP contribution in [0.3, 0.4) is 0 Å². The Morgan fingerprint density at radius 3 is 2.56 bits per heavy atom. The highest BCUT2D eigenvalue weighted by Crippen LogP contribution is 2.26. The second-order valence-corrected chi connectivity index (χ2v) is 5.14. The fourth-order valence-electron chi connectivity index (χ4n) is 1.90. The summed E-state index contributed by atoms with van der Waals surface area (Å²) < 4.78 is 0. The van der Waals surface area contributed by atoms with E-state index in [0.29, 0.717) is 0 Å². The number of benzene rings is 1. The van der Waals surface area contributed by atoms with Crippen LogP contribution in [0.1, 0.15) is 32.0 Å². The summed E-state index contributed by atoms with van der Waals surface area (Å²) in [4.78, 5) is 18.4. The number of aromatic nitrogens is 2. The van der Waals surface area contributed by atoms with Crippen LogP contribution in [0.2, 0.25) is 0 Å². The normalized spacial score (nSPS) is 12.0. The third-order valence-electron chi connectivity index (χ3n) is 2.68. The molecule has 2 rings (SSSR count). The number of nitrogens with zero attached hydrogens (tertiary/aromatic N) is 1. The molecule has 3 heteroatoms. The Morgan fingerprint density at radius 2 is 1.94 bits per heavy atom. The SMILES string of the molecule is Cc1cccc2c(C(C)(C)C)nc(=O)[nH]c12. The molecular formula is C13H16N2O. The molecular weight excluding hydrogens is 200 g/mol. The number of para-hydroxylation sites is 1.